The van der Waals surface area contributed by atoms with Gasteiger partial charge in [0, 0.05) is 19.0 Å². The molecule has 1 saturated heterocycles. The Bertz CT molecular complexity index is 948. The van der Waals surface area contributed by atoms with Crippen molar-refractivity contribution in [1.82, 2.24) is 14.4 Å². The van der Waals surface area contributed by atoms with Crippen molar-refractivity contribution >= 4 is 16.0 Å². The van der Waals surface area contributed by atoms with E-state index >= 15 is 0 Å². The minimum absolute atomic E-state index is 0.0868. The van der Waals surface area contributed by atoms with Crippen LogP contribution < -0.4 is 0 Å². The van der Waals surface area contributed by atoms with Gasteiger partial charge in [0.2, 0.25) is 10.0 Å². The number of carbonyl (C=O) groups excluding carboxylic acids is 1. The molecule has 0 amide bonds. The number of rotatable bonds is 6. The second-order valence-corrected chi connectivity index (χ2v) is 8.68. The van der Waals surface area contributed by atoms with Gasteiger partial charge in [0.25, 0.3) is 5.89 Å². The van der Waals surface area contributed by atoms with E-state index in [1.54, 1.807) is 13.0 Å². The van der Waals surface area contributed by atoms with Gasteiger partial charge in [-0.15, -0.1) is 0 Å². The number of aryl methyl sites for hydroxylation is 1. The normalized spacial score (nSPS) is 15.7. The van der Waals surface area contributed by atoms with Gasteiger partial charge in [0.15, 0.2) is 12.4 Å². The van der Waals surface area contributed by atoms with Crippen LogP contribution in [0, 0.1) is 6.92 Å². The molecule has 2 heterocycles. The first kappa shape index (κ1) is 20.4. The monoisotopic (exact) mass is 409 g/mol. The van der Waals surface area contributed by atoms with Gasteiger partial charge in [-0.2, -0.15) is 9.29 Å². The molecule has 28 heavy (non-hydrogen) atoms. The minimum atomic E-state index is -3.72. The zero-order valence-electron chi connectivity index (χ0n) is 16.0. The maximum absolute atomic E-state index is 12.9. The maximum atomic E-state index is 12.9. The van der Waals surface area contributed by atoms with Crippen LogP contribution in [0.3, 0.4) is 0 Å². The lowest BCUT2D eigenvalue weighted by Gasteiger charge is -2.26. The number of hydrogen-bond donors (Lipinski definition) is 0. The van der Waals surface area contributed by atoms with E-state index in [-0.39, 0.29) is 42.0 Å². The molecule has 152 valence electrons. The molecule has 1 fully saturated rings. The molecule has 0 saturated carbocycles. The Morgan fingerprint density at radius 3 is 2.64 bits per heavy atom. The van der Waals surface area contributed by atoms with E-state index in [9.17, 15) is 13.2 Å². The molecule has 1 aliphatic heterocycles. The lowest BCUT2D eigenvalue weighted by molar-refractivity contribution is 0.0429. The van der Waals surface area contributed by atoms with Gasteiger partial charge >= 0.3 is 5.97 Å². The average Bonchev–Trinajstić information content (AvgIpc) is 3.16. The highest BCUT2D eigenvalue weighted by Crippen LogP contribution is 2.23. The van der Waals surface area contributed by atoms with Crippen molar-refractivity contribution in [1.29, 1.82) is 0 Å². The van der Waals surface area contributed by atoms with Crippen LogP contribution in [0.4, 0.5) is 0 Å². The second-order valence-electron chi connectivity index (χ2n) is 6.77. The Labute approximate surface area is 163 Å². The number of benzene rings is 1. The number of esters is 1. The number of ether oxygens (including phenoxy) is 2. The van der Waals surface area contributed by atoms with Gasteiger partial charge in [0.05, 0.1) is 23.7 Å². The molecular weight excluding hydrogens is 386 g/mol. The second kappa shape index (κ2) is 8.38. The molecule has 10 heteroatoms. The topological polar surface area (TPSA) is 112 Å². The zero-order valence-corrected chi connectivity index (χ0v) is 16.9. The third kappa shape index (κ3) is 4.40. The molecule has 0 unspecified atom stereocenters. The maximum Gasteiger partial charge on any atom is 0.338 e. The van der Waals surface area contributed by atoms with Crippen molar-refractivity contribution in [3.63, 3.8) is 0 Å². The summed E-state index contributed by atoms with van der Waals surface area (Å²) < 4.78 is 42.6. The molecule has 0 aliphatic carbocycles. The summed E-state index contributed by atoms with van der Waals surface area (Å²) in [7, 11) is -3.72. The summed E-state index contributed by atoms with van der Waals surface area (Å²) in [6.45, 7) is 6.61. The van der Waals surface area contributed by atoms with E-state index in [0.717, 1.165) is 0 Å². The molecule has 9 nitrogen and oxygen atoms in total. The van der Waals surface area contributed by atoms with Gasteiger partial charge in [-0.05, 0) is 24.6 Å². The van der Waals surface area contributed by atoms with Crippen LogP contribution in [-0.4, -0.2) is 55.1 Å². The first-order valence-electron chi connectivity index (χ1n) is 8.97. The minimum Gasteiger partial charge on any atom is -0.452 e. The van der Waals surface area contributed by atoms with E-state index in [2.05, 4.69) is 10.1 Å². The fraction of sp³-hybridized carbons (Fsp3) is 0.500. The molecule has 0 atom stereocenters. The summed E-state index contributed by atoms with van der Waals surface area (Å²) in [4.78, 5) is 16.6. The SMILES string of the molecule is Cc1ccc(C(=O)OCc2nc(C(C)C)no2)cc1S(=O)(=O)N1CCOCC1. The van der Waals surface area contributed by atoms with Gasteiger partial charge in [-0.25, -0.2) is 13.2 Å². The van der Waals surface area contributed by atoms with Gasteiger partial charge in [0.1, 0.15) is 0 Å². The highest BCUT2D eigenvalue weighted by Gasteiger charge is 2.28. The van der Waals surface area contributed by atoms with Crippen LogP contribution >= 0.6 is 0 Å². The van der Waals surface area contributed by atoms with Crippen molar-refractivity contribution in [2.75, 3.05) is 26.3 Å². The molecule has 1 aromatic heterocycles. The summed E-state index contributed by atoms with van der Waals surface area (Å²) in [6.07, 6.45) is 0. The van der Waals surface area contributed by atoms with Crippen LogP contribution in [0.5, 0.6) is 0 Å². The van der Waals surface area contributed by atoms with Gasteiger partial charge in [-0.1, -0.05) is 25.1 Å². The highest BCUT2D eigenvalue weighted by molar-refractivity contribution is 7.89. The molecule has 3 rings (SSSR count). The van der Waals surface area contributed by atoms with E-state index in [4.69, 9.17) is 14.0 Å². The fourth-order valence-corrected chi connectivity index (χ4v) is 4.36. The van der Waals surface area contributed by atoms with Crippen molar-refractivity contribution in [3.8, 4) is 0 Å². The summed E-state index contributed by atoms with van der Waals surface area (Å²) in [5.41, 5.74) is 0.697. The molecule has 1 aliphatic rings. The number of hydrogen-bond acceptors (Lipinski definition) is 8. The Hall–Kier alpha value is -2.30. The zero-order chi connectivity index (χ0) is 20.3. The van der Waals surface area contributed by atoms with E-state index in [1.165, 1.54) is 16.4 Å². The van der Waals surface area contributed by atoms with Crippen molar-refractivity contribution in [2.45, 2.75) is 38.2 Å². The van der Waals surface area contributed by atoms with Crippen LogP contribution in [0.25, 0.3) is 0 Å². The number of aromatic nitrogens is 2. The predicted molar refractivity (Wildman–Crippen MR) is 98.3 cm³/mol. The Morgan fingerprint density at radius 1 is 1.29 bits per heavy atom. The van der Waals surface area contributed by atoms with Gasteiger partial charge in [-0.3, -0.25) is 0 Å². The van der Waals surface area contributed by atoms with Crippen LogP contribution in [0.1, 0.15) is 47.4 Å². The smallest absolute Gasteiger partial charge is 0.338 e. The Kier molecular flexibility index (Phi) is 6.11. The van der Waals surface area contributed by atoms with Crippen molar-refractivity contribution in [2.24, 2.45) is 0 Å². The third-order valence-corrected chi connectivity index (χ3v) is 6.38. The molecular formula is C18H23N3O6S. The van der Waals surface area contributed by atoms with Crippen molar-refractivity contribution < 1.29 is 27.2 Å². The quantitative estimate of drug-likeness (QED) is 0.665. The van der Waals surface area contributed by atoms with Crippen LogP contribution in [0.15, 0.2) is 27.6 Å². The summed E-state index contributed by atoms with van der Waals surface area (Å²) in [5.74, 6) is 0.145. The van der Waals surface area contributed by atoms with Crippen molar-refractivity contribution in [3.05, 3.63) is 41.0 Å². The highest BCUT2D eigenvalue weighted by atomic mass is 32.2. The fourth-order valence-electron chi connectivity index (χ4n) is 2.70. The lowest BCUT2D eigenvalue weighted by Crippen LogP contribution is -2.40. The standard InChI is InChI=1S/C18H23N3O6S/c1-12(2)17-19-16(27-20-17)11-26-18(22)14-5-4-13(3)15(10-14)28(23,24)21-6-8-25-9-7-21/h4-5,10,12H,6-9,11H2,1-3H3. The summed E-state index contributed by atoms with van der Waals surface area (Å²) in [5, 5.41) is 3.80. The molecule has 0 radical (unpaired) electrons. The summed E-state index contributed by atoms with van der Waals surface area (Å²) >= 11 is 0. The third-order valence-electron chi connectivity index (χ3n) is 4.34. The van der Waals surface area contributed by atoms with Crippen LogP contribution in [-0.2, 0) is 26.1 Å². The molecule has 0 bridgehead atoms. The Balaban J connectivity index is 1.75. The summed E-state index contributed by atoms with van der Waals surface area (Å²) in [6, 6.07) is 4.46. The lowest BCUT2D eigenvalue weighted by atomic mass is 10.1. The number of morpholine rings is 1. The molecule has 0 spiro atoms. The van der Waals surface area contributed by atoms with Crippen LogP contribution in [0.2, 0.25) is 0 Å². The molecule has 0 N–H and O–H groups in total. The molecule has 2 aromatic rings. The number of carbonyl (C=O) groups is 1. The number of nitrogens with zero attached hydrogens (tertiary/aromatic N) is 3. The van der Waals surface area contributed by atoms with E-state index < -0.39 is 16.0 Å². The predicted octanol–water partition coefficient (Wildman–Crippen LogP) is 1.88. The van der Waals surface area contributed by atoms with E-state index in [1.807, 2.05) is 13.8 Å². The average molecular weight is 409 g/mol. The molecule has 1 aromatic carbocycles. The van der Waals surface area contributed by atoms with Gasteiger partial charge < -0.3 is 14.0 Å². The largest absolute Gasteiger partial charge is 0.452 e. The van der Waals surface area contributed by atoms with E-state index in [0.29, 0.717) is 24.6 Å². The first-order chi connectivity index (χ1) is 13.3. The Morgan fingerprint density at radius 2 is 2.00 bits per heavy atom. The number of sulfonamides is 1. The first-order valence-corrected chi connectivity index (χ1v) is 10.4.